The SMILES string of the molecule is CCCNC(=O)C(Cc1ccccc1)N(Cc1ccccc1F)C(=O)CN(c1ccc(Br)c(C)c1)S(C)(=O)=O. The summed E-state index contributed by atoms with van der Waals surface area (Å²) in [6.07, 6.45) is 1.89. The Morgan fingerprint density at radius 2 is 1.69 bits per heavy atom. The fourth-order valence-corrected chi connectivity index (χ4v) is 5.22. The monoisotopic (exact) mass is 617 g/mol. The summed E-state index contributed by atoms with van der Waals surface area (Å²) in [4.78, 5) is 28.7. The molecule has 10 heteroatoms. The highest BCUT2D eigenvalue weighted by atomic mass is 79.9. The number of sulfonamides is 1. The first-order chi connectivity index (χ1) is 18.5. The van der Waals surface area contributed by atoms with Crippen molar-refractivity contribution in [2.75, 3.05) is 23.7 Å². The summed E-state index contributed by atoms with van der Waals surface area (Å²) >= 11 is 3.41. The minimum Gasteiger partial charge on any atom is -0.354 e. The molecule has 0 aliphatic carbocycles. The first-order valence-electron chi connectivity index (χ1n) is 12.6. The quantitative estimate of drug-likeness (QED) is 0.315. The maximum Gasteiger partial charge on any atom is 0.244 e. The van der Waals surface area contributed by atoms with E-state index in [9.17, 15) is 22.4 Å². The van der Waals surface area contributed by atoms with Crippen LogP contribution in [0.2, 0.25) is 0 Å². The van der Waals surface area contributed by atoms with Crippen LogP contribution in [0.5, 0.6) is 0 Å². The highest BCUT2D eigenvalue weighted by Gasteiger charge is 2.33. The zero-order valence-electron chi connectivity index (χ0n) is 22.2. The molecular formula is C29H33BrFN3O4S. The lowest BCUT2D eigenvalue weighted by atomic mass is 10.0. The second-order valence-electron chi connectivity index (χ2n) is 9.31. The van der Waals surface area contributed by atoms with Gasteiger partial charge >= 0.3 is 0 Å². The number of rotatable bonds is 12. The van der Waals surface area contributed by atoms with Gasteiger partial charge in [0.25, 0.3) is 0 Å². The number of hydrogen-bond donors (Lipinski definition) is 1. The molecule has 0 saturated heterocycles. The standard InChI is InChI=1S/C29H33BrFN3O4S/c1-4-16-32-29(36)27(18-22-10-6-5-7-11-22)33(19-23-12-8-9-13-26(23)31)28(35)20-34(39(3,37)38)24-14-15-25(30)21(2)17-24/h5-15,17,27H,4,16,18-20H2,1-3H3,(H,32,36). The molecule has 1 N–H and O–H groups in total. The lowest BCUT2D eigenvalue weighted by molar-refractivity contribution is -0.140. The molecule has 0 saturated carbocycles. The van der Waals surface area contributed by atoms with Gasteiger partial charge in [0.2, 0.25) is 21.8 Å². The van der Waals surface area contributed by atoms with E-state index >= 15 is 0 Å². The second kappa shape index (κ2) is 13.7. The Hall–Kier alpha value is -3.24. The van der Waals surface area contributed by atoms with Crippen LogP contribution in [0, 0.1) is 12.7 Å². The summed E-state index contributed by atoms with van der Waals surface area (Å²) < 4.78 is 42.2. The first-order valence-corrected chi connectivity index (χ1v) is 15.2. The number of anilines is 1. The number of aryl methyl sites for hydroxylation is 1. The molecule has 3 aromatic rings. The average molecular weight is 619 g/mol. The van der Waals surface area contributed by atoms with E-state index in [2.05, 4.69) is 21.2 Å². The van der Waals surface area contributed by atoms with Crippen molar-refractivity contribution in [1.29, 1.82) is 0 Å². The molecule has 208 valence electrons. The Morgan fingerprint density at radius 1 is 1.03 bits per heavy atom. The van der Waals surface area contributed by atoms with Crippen molar-refractivity contribution in [3.05, 3.63) is 99.8 Å². The van der Waals surface area contributed by atoms with Gasteiger partial charge in [-0.25, -0.2) is 12.8 Å². The lowest BCUT2D eigenvalue weighted by Gasteiger charge is -2.33. The third kappa shape index (κ3) is 8.37. The van der Waals surface area contributed by atoms with Gasteiger partial charge in [0.15, 0.2) is 0 Å². The van der Waals surface area contributed by atoms with Gasteiger partial charge in [0.1, 0.15) is 18.4 Å². The van der Waals surface area contributed by atoms with Gasteiger partial charge in [-0.2, -0.15) is 0 Å². The van der Waals surface area contributed by atoms with E-state index in [1.807, 2.05) is 44.2 Å². The summed E-state index contributed by atoms with van der Waals surface area (Å²) in [5.41, 5.74) is 2.13. The van der Waals surface area contributed by atoms with E-state index in [0.717, 1.165) is 26.2 Å². The smallest absolute Gasteiger partial charge is 0.244 e. The Bertz CT molecular complexity index is 1400. The third-order valence-corrected chi connectivity index (χ3v) is 8.26. The lowest BCUT2D eigenvalue weighted by Crippen LogP contribution is -2.53. The van der Waals surface area contributed by atoms with Gasteiger partial charge < -0.3 is 10.2 Å². The molecular weight excluding hydrogens is 585 g/mol. The molecule has 0 spiro atoms. The summed E-state index contributed by atoms with van der Waals surface area (Å²) in [7, 11) is -3.88. The zero-order valence-corrected chi connectivity index (χ0v) is 24.6. The Kier molecular flexibility index (Phi) is 10.7. The molecule has 7 nitrogen and oxygen atoms in total. The van der Waals surface area contributed by atoms with Crippen LogP contribution in [0.4, 0.5) is 10.1 Å². The van der Waals surface area contributed by atoms with Crippen molar-refractivity contribution < 1.29 is 22.4 Å². The average Bonchev–Trinajstić information content (AvgIpc) is 2.90. The number of nitrogens with one attached hydrogen (secondary N) is 1. The molecule has 0 radical (unpaired) electrons. The van der Waals surface area contributed by atoms with Gasteiger partial charge in [-0.1, -0.05) is 71.4 Å². The first kappa shape index (κ1) is 30.3. The van der Waals surface area contributed by atoms with Crippen LogP contribution < -0.4 is 9.62 Å². The van der Waals surface area contributed by atoms with Gasteiger partial charge in [0.05, 0.1) is 11.9 Å². The minimum atomic E-state index is -3.88. The van der Waals surface area contributed by atoms with Crippen LogP contribution in [0.15, 0.2) is 77.3 Å². The number of nitrogens with zero attached hydrogens (tertiary/aromatic N) is 2. The normalized spacial score (nSPS) is 12.0. The van der Waals surface area contributed by atoms with Crippen molar-refractivity contribution in [3.8, 4) is 0 Å². The van der Waals surface area contributed by atoms with E-state index < -0.39 is 40.2 Å². The van der Waals surface area contributed by atoms with Crippen LogP contribution in [-0.4, -0.2) is 50.5 Å². The Morgan fingerprint density at radius 3 is 2.31 bits per heavy atom. The predicted octanol–water partition coefficient (Wildman–Crippen LogP) is 4.83. The van der Waals surface area contributed by atoms with Crippen molar-refractivity contribution in [1.82, 2.24) is 10.2 Å². The summed E-state index contributed by atoms with van der Waals surface area (Å²) in [6, 6.07) is 19.2. The molecule has 0 aromatic heterocycles. The number of amides is 2. The number of benzene rings is 3. The molecule has 39 heavy (non-hydrogen) atoms. The molecule has 3 rings (SSSR count). The Labute approximate surface area is 238 Å². The zero-order chi connectivity index (χ0) is 28.6. The fourth-order valence-electron chi connectivity index (χ4n) is 4.13. The summed E-state index contributed by atoms with van der Waals surface area (Å²) in [5.74, 6) is -1.54. The van der Waals surface area contributed by atoms with E-state index in [4.69, 9.17) is 0 Å². The highest BCUT2D eigenvalue weighted by Crippen LogP contribution is 2.25. The van der Waals surface area contributed by atoms with Crippen molar-refractivity contribution in [2.45, 2.75) is 39.3 Å². The number of carbonyl (C=O) groups excluding carboxylic acids is 2. The largest absolute Gasteiger partial charge is 0.354 e. The molecule has 0 aliphatic heterocycles. The number of carbonyl (C=O) groups is 2. The molecule has 0 bridgehead atoms. The predicted molar refractivity (Wildman–Crippen MR) is 155 cm³/mol. The van der Waals surface area contributed by atoms with E-state index in [1.165, 1.54) is 11.0 Å². The van der Waals surface area contributed by atoms with Crippen LogP contribution in [-0.2, 0) is 32.6 Å². The second-order valence-corrected chi connectivity index (χ2v) is 12.1. The molecule has 1 unspecified atom stereocenters. The van der Waals surface area contributed by atoms with Crippen molar-refractivity contribution in [2.24, 2.45) is 0 Å². The molecule has 0 aliphatic rings. The fraction of sp³-hybridized carbons (Fsp3) is 0.310. The van der Waals surface area contributed by atoms with E-state index in [1.54, 1.807) is 36.4 Å². The van der Waals surface area contributed by atoms with Crippen LogP contribution in [0.3, 0.4) is 0 Å². The van der Waals surface area contributed by atoms with E-state index in [-0.39, 0.29) is 18.5 Å². The van der Waals surface area contributed by atoms with Crippen LogP contribution in [0.1, 0.15) is 30.0 Å². The highest BCUT2D eigenvalue weighted by molar-refractivity contribution is 9.10. The third-order valence-electron chi connectivity index (χ3n) is 6.23. The van der Waals surface area contributed by atoms with Crippen molar-refractivity contribution >= 4 is 43.5 Å². The van der Waals surface area contributed by atoms with Crippen molar-refractivity contribution in [3.63, 3.8) is 0 Å². The van der Waals surface area contributed by atoms with Gasteiger partial charge in [-0.3, -0.25) is 13.9 Å². The molecule has 2 amide bonds. The number of halogens is 2. The summed E-state index contributed by atoms with van der Waals surface area (Å²) in [5, 5.41) is 2.85. The topological polar surface area (TPSA) is 86.8 Å². The van der Waals surface area contributed by atoms with Gasteiger partial charge in [-0.15, -0.1) is 0 Å². The molecule has 3 aromatic carbocycles. The molecule has 0 heterocycles. The minimum absolute atomic E-state index is 0.173. The molecule has 1 atom stereocenters. The van der Waals surface area contributed by atoms with E-state index in [0.29, 0.717) is 18.7 Å². The van der Waals surface area contributed by atoms with Crippen LogP contribution >= 0.6 is 15.9 Å². The summed E-state index contributed by atoms with van der Waals surface area (Å²) in [6.45, 7) is 3.37. The number of hydrogen-bond acceptors (Lipinski definition) is 4. The Balaban J connectivity index is 2.06. The van der Waals surface area contributed by atoms with Crippen LogP contribution in [0.25, 0.3) is 0 Å². The molecule has 0 fully saturated rings. The van der Waals surface area contributed by atoms with Gasteiger partial charge in [0, 0.05) is 29.5 Å². The maximum absolute atomic E-state index is 14.8. The maximum atomic E-state index is 14.8. The van der Waals surface area contributed by atoms with Gasteiger partial charge in [-0.05, 0) is 48.7 Å².